The van der Waals surface area contributed by atoms with Gasteiger partial charge >= 0.3 is 0 Å². The molecule has 1 aromatic rings. The zero-order chi connectivity index (χ0) is 17.9. The van der Waals surface area contributed by atoms with E-state index in [0.29, 0.717) is 25.2 Å². The van der Waals surface area contributed by atoms with Crippen LogP contribution in [-0.4, -0.2) is 34.7 Å². The normalized spacial score (nSPS) is 18.1. The lowest BCUT2D eigenvalue weighted by Crippen LogP contribution is -2.47. The predicted molar refractivity (Wildman–Crippen MR) is 90.5 cm³/mol. The van der Waals surface area contributed by atoms with Crippen molar-refractivity contribution < 1.29 is 14.5 Å². The maximum absolute atomic E-state index is 12.4. The van der Waals surface area contributed by atoms with Crippen molar-refractivity contribution >= 4 is 23.2 Å². The fourth-order valence-electron chi connectivity index (χ4n) is 2.79. The number of benzene rings is 1. The van der Waals surface area contributed by atoms with E-state index in [1.807, 2.05) is 20.8 Å². The number of nitrogens with zero attached hydrogens (tertiary/aromatic N) is 2. The number of rotatable bonds is 3. The van der Waals surface area contributed by atoms with Gasteiger partial charge in [0.05, 0.1) is 10.8 Å². The molecule has 0 aromatic heterocycles. The largest absolute Gasteiger partial charge is 0.341 e. The van der Waals surface area contributed by atoms with Crippen LogP contribution >= 0.6 is 0 Å². The summed E-state index contributed by atoms with van der Waals surface area (Å²) in [6.45, 7) is 6.64. The monoisotopic (exact) mass is 333 g/mol. The van der Waals surface area contributed by atoms with E-state index in [0.717, 1.165) is 6.42 Å². The van der Waals surface area contributed by atoms with E-state index in [-0.39, 0.29) is 23.4 Å². The molecule has 1 N–H and O–H groups in total. The van der Waals surface area contributed by atoms with Crippen molar-refractivity contribution in [1.82, 2.24) is 4.90 Å². The number of carbonyl (C=O) groups is 2. The lowest BCUT2D eigenvalue weighted by molar-refractivity contribution is -0.384. The highest BCUT2D eigenvalue weighted by Gasteiger charge is 2.33. The van der Waals surface area contributed by atoms with Crippen molar-refractivity contribution in [2.45, 2.75) is 33.6 Å². The van der Waals surface area contributed by atoms with Crippen LogP contribution in [0.4, 0.5) is 11.4 Å². The number of hydrogen-bond acceptors (Lipinski definition) is 4. The molecule has 1 fully saturated rings. The summed E-state index contributed by atoms with van der Waals surface area (Å²) in [6, 6.07) is 5.86. The number of nitrogens with one attached hydrogen (secondary N) is 1. The first-order valence-electron chi connectivity index (χ1n) is 8.03. The lowest BCUT2D eigenvalue weighted by atomic mass is 9.91. The molecule has 7 nitrogen and oxygen atoms in total. The zero-order valence-corrected chi connectivity index (χ0v) is 14.2. The van der Waals surface area contributed by atoms with E-state index in [9.17, 15) is 19.7 Å². The van der Waals surface area contributed by atoms with E-state index in [1.165, 1.54) is 18.2 Å². The van der Waals surface area contributed by atoms with Crippen molar-refractivity contribution in [1.29, 1.82) is 0 Å². The average Bonchev–Trinajstić information content (AvgIpc) is 2.53. The Morgan fingerprint density at radius 3 is 2.67 bits per heavy atom. The molecule has 0 radical (unpaired) electrons. The number of anilines is 1. The average molecular weight is 333 g/mol. The van der Waals surface area contributed by atoms with Gasteiger partial charge in [-0.25, -0.2) is 0 Å². The van der Waals surface area contributed by atoms with E-state index >= 15 is 0 Å². The number of piperidine rings is 1. The summed E-state index contributed by atoms with van der Waals surface area (Å²) in [5, 5.41) is 13.5. The van der Waals surface area contributed by atoms with Crippen LogP contribution in [0.1, 0.15) is 33.6 Å². The minimum absolute atomic E-state index is 0.0374. The third-order valence-electron chi connectivity index (χ3n) is 4.05. The Hall–Kier alpha value is -2.44. The van der Waals surface area contributed by atoms with E-state index in [1.54, 1.807) is 11.0 Å². The molecule has 1 aromatic carbocycles. The maximum Gasteiger partial charge on any atom is 0.271 e. The maximum atomic E-state index is 12.4. The third-order valence-corrected chi connectivity index (χ3v) is 4.05. The van der Waals surface area contributed by atoms with Crippen LogP contribution in [0, 0.1) is 21.4 Å². The first-order chi connectivity index (χ1) is 11.2. The highest BCUT2D eigenvalue weighted by molar-refractivity contribution is 5.93. The summed E-state index contributed by atoms with van der Waals surface area (Å²) in [7, 11) is 0. The van der Waals surface area contributed by atoms with Crippen LogP contribution in [0.5, 0.6) is 0 Å². The number of amides is 2. The quantitative estimate of drug-likeness (QED) is 0.680. The van der Waals surface area contributed by atoms with Crippen molar-refractivity contribution in [2.24, 2.45) is 11.3 Å². The molecule has 1 aliphatic heterocycles. The summed E-state index contributed by atoms with van der Waals surface area (Å²) in [5.41, 5.74) is -0.146. The molecule has 7 heteroatoms. The molecule has 24 heavy (non-hydrogen) atoms. The smallest absolute Gasteiger partial charge is 0.271 e. The Morgan fingerprint density at radius 1 is 1.33 bits per heavy atom. The van der Waals surface area contributed by atoms with Gasteiger partial charge in [0, 0.05) is 36.3 Å². The molecule has 2 amide bonds. The Bertz CT molecular complexity index is 651. The van der Waals surface area contributed by atoms with Gasteiger partial charge in [-0.15, -0.1) is 0 Å². The van der Waals surface area contributed by atoms with Crippen LogP contribution < -0.4 is 5.32 Å². The number of nitro benzene ring substituents is 1. The molecule has 1 unspecified atom stereocenters. The highest BCUT2D eigenvalue weighted by atomic mass is 16.6. The summed E-state index contributed by atoms with van der Waals surface area (Å²) in [6.07, 6.45) is 1.48. The Morgan fingerprint density at radius 2 is 2.04 bits per heavy atom. The van der Waals surface area contributed by atoms with Gasteiger partial charge < -0.3 is 10.2 Å². The van der Waals surface area contributed by atoms with Gasteiger partial charge in [0.15, 0.2) is 0 Å². The van der Waals surface area contributed by atoms with E-state index in [4.69, 9.17) is 0 Å². The van der Waals surface area contributed by atoms with Gasteiger partial charge in [0.2, 0.25) is 11.8 Å². The number of likely N-dealkylation sites (tertiary alicyclic amines) is 1. The minimum Gasteiger partial charge on any atom is -0.341 e. The fourth-order valence-corrected chi connectivity index (χ4v) is 2.79. The SMILES string of the molecule is CC(C)(C)C(=O)N1CCCC(C(=O)Nc2cccc([N+](=O)[O-])c2)C1. The topological polar surface area (TPSA) is 92.6 Å². The van der Waals surface area contributed by atoms with Crippen molar-refractivity contribution in [2.75, 3.05) is 18.4 Å². The fraction of sp³-hybridized carbons (Fsp3) is 0.529. The third kappa shape index (κ3) is 4.31. The van der Waals surface area contributed by atoms with Gasteiger partial charge in [0.1, 0.15) is 0 Å². The van der Waals surface area contributed by atoms with Crippen LogP contribution in [0.15, 0.2) is 24.3 Å². The van der Waals surface area contributed by atoms with Gasteiger partial charge in [-0.3, -0.25) is 19.7 Å². The first-order valence-corrected chi connectivity index (χ1v) is 8.03. The van der Waals surface area contributed by atoms with Gasteiger partial charge in [-0.05, 0) is 18.9 Å². The Labute approximate surface area is 141 Å². The molecular weight excluding hydrogens is 310 g/mol. The molecule has 1 atom stereocenters. The van der Waals surface area contributed by atoms with Crippen molar-refractivity contribution in [3.63, 3.8) is 0 Å². The zero-order valence-electron chi connectivity index (χ0n) is 14.2. The van der Waals surface area contributed by atoms with Crippen molar-refractivity contribution in [3.8, 4) is 0 Å². The minimum atomic E-state index is -0.500. The summed E-state index contributed by atoms with van der Waals surface area (Å²) >= 11 is 0. The van der Waals surface area contributed by atoms with Crippen molar-refractivity contribution in [3.05, 3.63) is 34.4 Å². The second-order valence-corrected chi connectivity index (χ2v) is 7.14. The predicted octanol–water partition coefficient (Wildman–Crippen LogP) is 2.82. The van der Waals surface area contributed by atoms with Crippen LogP contribution in [0.3, 0.4) is 0 Å². The molecular formula is C17H23N3O4. The second kappa shape index (κ2) is 6.98. The van der Waals surface area contributed by atoms with Gasteiger partial charge in [-0.1, -0.05) is 26.8 Å². The van der Waals surface area contributed by atoms with E-state index < -0.39 is 10.3 Å². The standard InChI is InChI=1S/C17H23N3O4/c1-17(2,3)16(22)19-9-5-6-12(11-19)15(21)18-13-7-4-8-14(10-13)20(23)24/h4,7-8,10,12H,5-6,9,11H2,1-3H3,(H,18,21). The first kappa shape index (κ1) is 17.9. The molecule has 1 aliphatic rings. The molecule has 0 saturated carbocycles. The second-order valence-electron chi connectivity index (χ2n) is 7.14. The summed E-state index contributed by atoms with van der Waals surface area (Å²) < 4.78 is 0. The molecule has 0 aliphatic carbocycles. The van der Waals surface area contributed by atoms with E-state index in [2.05, 4.69) is 5.32 Å². The molecule has 0 spiro atoms. The van der Waals surface area contributed by atoms with Crippen LogP contribution in [-0.2, 0) is 9.59 Å². The number of non-ortho nitro benzene ring substituents is 1. The number of hydrogen-bond donors (Lipinski definition) is 1. The Kier molecular flexibility index (Phi) is 5.21. The molecule has 2 rings (SSSR count). The summed E-state index contributed by atoms with van der Waals surface area (Å²) in [4.78, 5) is 36.9. The lowest BCUT2D eigenvalue weighted by Gasteiger charge is -2.35. The highest BCUT2D eigenvalue weighted by Crippen LogP contribution is 2.25. The summed E-state index contributed by atoms with van der Waals surface area (Å²) in [5.74, 6) is -0.471. The van der Waals surface area contributed by atoms with Gasteiger partial charge in [-0.2, -0.15) is 0 Å². The van der Waals surface area contributed by atoms with Gasteiger partial charge in [0.25, 0.3) is 5.69 Å². The molecule has 0 bridgehead atoms. The molecule has 1 saturated heterocycles. The molecule has 130 valence electrons. The molecule has 1 heterocycles. The Balaban J connectivity index is 2.03. The van der Waals surface area contributed by atoms with Crippen LogP contribution in [0.2, 0.25) is 0 Å². The van der Waals surface area contributed by atoms with Crippen LogP contribution in [0.25, 0.3) is 0 Å². The number of nitro groups is 1. The number of carbonyl (C=O) groups excluding carboxylic acids is 2.